The van der Waals surface area contributed by atoms with Crippen molar-refractivity contribution in [3.05, 3.63) is 59.7 Å². The van der Waals surface area contributed by atoms with E-state index >= 15 is 0 Å². The van der Waals surface area contributed by atoms with Crippen molar-refractivity contribution in [2.75, 3.05) is 46.5 Å². The van der Waals surface area contributed by atoms with Crippen molar-refractivity contribution in [1.82, 2.24) is 15.1 Å². The Bertz CT molecular complexity index is 927. The predicted molar refractivity (Wildman–Crippen MR) is 141 cm³/mol. The molecule has 7 heteroatoms. The molecule has 4 rings (SSSR count). The van der Waals surface area contributed by atoms with Gasteiger partial charge in [0, 0.05) is 38.8 Å². The number of amides is 2. The van der Waals surface area contributed by atoms with Crippen molar-refractivity contribution in [2.24, 2.45) is 0 Å². The molecular formula is C29H41N3O4. The first-order chi connectivity index (χ1) is 17.7. The summed E-state index contributed by atoms with van der Waals surface area (Å²) in [7, 11) is 1.66. The lowest BCUT2D eigenvalue weighted by atomic mass is 9.96. The summed E-state index contributed by atoms with van der Waals surface area (Å²) in [4.78, 5) is 17.7. The number of benzene rings is 2. The largest absolute Gasteiger partial charge is 0.493 e. The Morgan fingerprint density at radius 3 is 2.56 bits per heavy atom. The van der Waals surface area contributed by atoms with E-state index in [-0.39, 0.29) is 12.1 Å². The van der Waals surface area contributed by atoms with Gasteiger partial charge in [0.1, 0.15) is 6.61 Å². The minimum absolute atomic E-state index is 0.0345. The Hall–Kier alpha value is -2.77. The molecule has 0 atom stereocenters. The molecule has 1 saturated heterocycles. The lowest BCUT2D eigenvalue weighted by Crippen LogP contribution is -2.46. The van der Waals surface area contributed by atoms with Gasteiger partial charge < -0.3 is 24.4 Å². The van der Waals surface area contributed by atoms with Crippen molar-refractivity contribution < 1.29 is 19.0 Å². The third kappa shape index (κ3) is 8.14. The summed E-state index contributed by atoms with van der Waals surface area (Å²) < 4.78 is 17.1. The van der Waals surface area contributed by atoms with E-state index in [0.29, 0.717) is 31.2 Å². The van der Waals surface area contributed by atoms with Gasteiger partial charge in [-0.05, 0) is 42.5 Å². The van der Waals surface area contributed by atoms with Crippen molar-refractivity contribution >= 4 is 6.03 Å². The number of nitrogens with one attached hydrogen (secondary N) is 1. The second kappa shape index (κ2) is 14.1. The van der Waals surface area contributed by atoms with E-state index in [1.807, 2.05) is 53.4 Å². The highest BCUT2D eigenvalue weighted by Crippen LogP contribution is 2.29. The van der Waals surface area contributed by atoms with Crippen LogP contribution in [0.15, 0.2) is 48.5 Å². The maximum absolute atomic E-state index is 13.3. The summed E-state index contributed by atoms with van der Waals surface area (Å²) in [5, 5.41) is 3.30. The van der Waals surface area contributed by atoms with Crippen LogP contribution < -0.4 is 14.8 Å². The first-order valence-electron chi connectivity index (χ1n) is 13.4. The average Bonchev–Trinajstić information content (AvgIpc) is 2.93. The number of ether oxygens (including phenoxy) is 3. The molecule has 36 heavy (non-hydrogen) atoms. The number of rotatable bonds is 11. The van der Waals surface area contributed by atoms with Gasteiger partial charge in [-0.1, -0.05) is 55.7 Å². The number of carbonyl (C=O) groups is 1. The van der Waals surface area contributed by atoms with Gasteiger partial charge in [-0.15, -0.1) is 0 Å². The van der Waals surface area contributed by atoms with Gasteiger partial charge in [-0.2, -0.15) is 0 Å². The molecule has 2 aliphatic rings. The second-order valence-electron chi connectivity index (χ2n) is 9.77. The number of nitrogens with zero attached hydrogens (tertiary/aromatic N) is 2. The number of methoxy groups -OCH3 is 1. The van der Waals surface area contributed by atoms with Gasteiger partial charge in [-0.3, -0.25) is 4.90 Å². The molecular weight excluding hydrogens is 454 g/mol. The van der Waals surface area contributed by atoms with Crippen LogP contribution in [0.3, 0.4) is 0 Å². The van der Waals surface area contributed by atoms with E-state index in [4.69, 9.17) is 14.2 Å². The summed E-state index contributed by atoms with van der Waals surface area (Å²) in [6.45, 7) is 6.24. The lowest BCUT2D eigenvalue weighted by molar-refractivity contribution is 0.0364. The van der Waals surface area contributed by atoms with Crippen LogP contribution in [0.4, 0.5) is 4.79 Å². The maximum atomic E-state index is 13.3. The summed E-state index contributed by atoms with van der Waals surface area (Å²) in [5.41, 5.74) is 2.14. The van der Waals surface area contributed by atoms with Gasteiger partial charge >= 0.3 is 6.03 Å². The zero-order valence-corrected chi connectivity index (χ0v) is 21.6. The Labute approximate surface area is 215 Å². The maximum Gasteiger partial charge on any atom is 0.317 e. The third-order valence-electron chi connectivity index (χ3n) is 7.06. The van der Waals surface area contributed by atoms with Gasteiger partial charge in [0.15, 0.2) is 11.5 Å². The molecule has 2 aromatic carbocycles. The van der Waals surface area contributed by atoms with Crippen LogP contribution >= 0.6 is 0 Å². The molecule has 2 aromatic rings. The Morgan fingerprint density at radius 1 is 1.03 bits per heavy atom. The van der Waals surface area contributed by atoms with Crippen LogP contribution in [0.5, 0.6) is 11.5 Å². The smallest absolute Gasteiger partial charge is 0.317 e. The molecule has 1 aliphatic heterocycles. The summed E-state index contributed by atoms with van der Waals surface area (Å²) in [6, 6.07) is 16.4. The van der Waals surface area contributed by atoms with Crippen LogP contribution in [0.2, 0.25) is 0 Å². The molecule has 2 amide bonds. The lowest BCUT2D eigenvalue weighted by Gasteiger charge is -2.30. The van der Waals surface area contributed by atoms with E-state index < -0.39 is 0 Å². The number of hydrogen-bond donors (Lipinski definition) is 1. The van der Waals surface area contributed by atoms with E-state index in [0.717, 1.165) is 63.2 Å². The summed E-state index contributed by atoms with van der Waals surface area (Å²) in [6.07, 6.45) is 6.76. The highest BCUT2D eigenvalue weighted by molar-refractivity contribution is 5.74. The molecule has 7 nitrogen and oxygen atoms in total. The zero-order valence-electron chi connectivity index (χ0n) is 21.6. The van der Waals surface area contributed by atoms with Gasteiger partial charge in [0.05, 0.1) is 20.3 Å². The number of carbonyl (C=O) groups excluding carboxylic acids is 1. The van der Waals surface area contributed by atoms with Gasteiger partial charge in [-0.25, -0.2) is 4.79 Å². The Kier molecular flexibility index (Phi) is 10.3. The molecule has 0 unspecified atom stereocenters. The van der Waals surface area contributed by atoms with E-state index in [9.17, 15) is 4.79 Å². The molecule has 0 spiro atoms. The van der Waals surface area contributed by atoms with Crippen LogP contribution in [0.25, 0.3) is 0 Å². The molecule has 0 radical (unpaired) electrons. The number of morpholine rings is 1. The monoisotopic (exact) mass is 495 g/mol. The standard InChI is InChI=1S/C29H41N3O4/c1-34-28-21-25(13-14-27(28)36-23-24-9-4-2-5-10-24)22-32(16-8-15-31-17-19-35-20-18-31)29(33)30-26-11-6-3-7-12-26/h2,4-5,9-10,13-14,21,26H,3,6-8,11-12,15-20,22-23H2,1H3,(H,30,33). The minimum Gasteiger partial charge on any atom is -0.493 e. The topological polar surface area (TPSA) is 63.3 Å². The van der Waals surface area contributed by atoms with E-state index in [2.05, 4.69) is 10.2 Å². The minimum atomic E-state index is 0.0345. The number of urea groups is 1. The van der Waals surface area contributed by atoms with Gasteiger partial charge in [0.25, 0.3) is 0 Å². The molecule has 1 heterocycles. The Morgan fingerprint density at radius 2 is 1.81 bits per heavy atom. The molecule has 1 saturated carbocycles. The normalized spacial score (nSPS) is 16.9. The van der Waals surface area contributed by atoms with Crippen LogP contribution in [-0.2, 0) is 17.9 Å². The highest BCUT2D eigenvalue weighted by Gasteiger charge is 2.21. The van der Waals surface area contributed by atoms with E-state index in [1.54, 1.807) is 7.11 Å². The predicted octanol–water partition coefficient (Wildman–Crippen LogP) is 4.84. The fraction of sp³-hybridized carbons (Fsp3) is 0.552. The third-order valence-corrected chi connectivity index (χ3v) is 7.06. The fourth-order valence-electron chi connectivity index (χ4n) is 4.96. The summed E-state index contributed by atoms with van der Waals surface area (Å²) >= 11 is 0. The Balaban J connectivity index is 1.38. The SMILES string of the molecule is COc1cc(CN(CCCN2CCOCC2)C(=O)NC2CCCCC2)ccc1OCc1ccccc1. The molecule has 1 aliphatic carbocycles. The summed E-state index contributed by atoms with van der Waals surface area (Å²) in [5.74, 6) is 1.39. The fourth-order valence-corrected chi connectivity index (χ4v) is 4.96. The molecule has 2 fully saturated rings. The molecule has 0 aromatic heterocycles. The second-order valence-corrected chi connectivity index (χ2v) is 9.77. The van der Waals surface area contributed by atoms with Crippen molar-refractivity contribution in [2.45, 2.75) is 57.7 Å². The van der Waals surface area contributed by atoms with Crippen LogP contribution in [0, 0.1) is 0 Å². The number of hydrogen-bond acceptors (Lipinski definition) is 5. The van der Waals surface area contributed by atoms with Crippen LogP contribution in [-0.4, -0.2) is 68.4 Å². The quantitative estimate of drug-likeness (QED) is 0.483. The van der Waals surface area contributed by atoms with Gasteiger partial charge in [0.2, 0.25) is 0 Å². The molecule has 1 N–H and O–H groups in total. The van der Waals surface area contributed by atoms with Crippen LogP contribution in [0.1, 0.15) is 49.7 Å². The molecule has 0 bridgehead atoms. The highest BCUT2D eigenvalue weighted by atomic mass is 16.5. The molecule has 196 valence electrons. The van der Waals surface area contributed by atoms with E-state index in [1.165, 1.54) is 19.3 Å². The zero-order chi connectivity index (χ0) is 25.0. The average molecular weight is 496 g/mol. The first kappa shape index (κ1) is 26.3. The van der Waals surface area contributed by atoms with Crippen molar-refractivity contribution in [3.63, 3.8) is 0 Å². The first-order valence-corrected chi connectivity index (χ1v) is 13.4. The van der Waals surface area contributed by atoms with Crippen molar-refractivity contribution in [1.29, 1.82) is 0 Å². The van der Waals surface area contributed by atoms with Crippen molar-refractivity contribution in [3.8, 4) is 11.5 Å².